The molecule has 0 radical (unpaired) electrons. The van der Waals surface area contributed by atoms with Gasteiger partial charge in [-0.1, -0.05) is 17.8 Å². The number of hydrogen-bond acceptors (Lipinski definition) is 2. The van der Waals surface area contributed by atoms with Gasteiger partial charge in [0.2, 0.25) is 0 Å². The topological polar surface area (TPSA) is 35.9 Å². The van der Waals surface area contributed by atoms with E-state index in [1.165, 1.54) is 11.8 Å². The maximum Gasteiger partial charge on any atom is 0.158 e. The zero-order chi connectivity index (χ0) is 5.11. The van der Waals surface area contributed by atoms with Gasteiger partial charge >= 0.3 is 0 Å². The molecule has 0 spiro atoms. The highest BCUT2D eigenvalue weighted by atomic mass is 32.2. The van der Waals surface area contributed by atoms with Gasteiger partial charge in [-0.05, 0) is 5.41 Å². The van der Waals surface area contributed by atoms with Gasteiger partial charge in [-0.15, -0.1) is 0 Å². The molecule has 0 saturated carbocycles. The van der Waals surface area contributed by atoms with Gasteiger partial charge in [-0.25, -0.2) is 0 Å². The molecule has 0 aromatic rings. The third kappa shape index (κ3) is 1.23. The minimum absolute atomic E-state index is 0.544. The van der Waals surface area contributed by atoms with Crippen LogP contribution in [0, 0.1) is 5.41 Å². The summed E-state index contributed by atoms with van der Waals surface area (Å²) in [6.07, 6.45) is 1.99. The van der Waals surface area contributed by atoms with E-state index in [0.717, 1.165) is 6.54 Å². The molecule has 0 bridgehead atoms. The number of thioether (sulfide) groups is 1. The molecule has 0 aromatic heterocycles. The number of amidine groups is 1. The van der Waals surface area contributed by atoms with Crippen molar-refractivity contribution in [2.75, 3.05) is 6.54 Å². The Morgan fingerprint density at radius 2 is 2.71 bits per heavy atom. The second-order valence-corrected chi connectivity index (χ2v) is 2.12. The van der Waals surface area contributed by atoms with Crippen LogP contribution >= 0.6 is 11.8 Å². The van der Waals surface area contributed by atoms with Gasteiger partial charge in [-0.3, -0.25) is 5.41 Å². The molecule has 2 N–H and O–H groups in total. The van der Waals surface area contributed by atoms with Crippen molar-refractivity contribution < 1.29 is 0 Å². The van der Waals surface area contributed by atoms with Gasteiger partial charge < -0.3 is 5.32 Å². The molecular weight excluding hydrogens is 108 g/mol. The SMILES string of the molecule is N=C1NCC=CS1. The first-order chi connectivity index (χ1) is 3.39. The number of hydrogen-bond donors (Lipinski definition) is 2. The molecule has 1 aliphatic rings. The van der Waals surface area contributed by atoms with Crippen LogP contribution in [0.4, 0.5) is 0 Å². The third-order valence-corrected chi connectivity index (χ3v) is 1.37. The standard InChI is InChI=1S/C4H6N2S/c5-4-6-2-1-3-7-4/h1,3H,2H2,(H2,5,6). The summed E-state index contributed by atoms with van der Waals surface area (Å²) in [5, 5.41) is 12.3. The summed E-state index contributed by atoms with van der Waals surface area (Å²) < 4.78 is 0. The molecule has 7 heavy (non-hydrogen) atoms. The molecule has 1 aliphatic heterocycles. The Balaban J connectivity index is 2.47. The van der Waals surface area contributed by atoms with E-state index in [4.69, 9.17) is 5.41 Å². The van der Waals surface area contributed by atoms with Crippen LogP contribution in [0.5, 0.6) is 0 Å². The monoisotopic (exact) mass is 114 g/mol. The highest BCUT2D eigenvalue weighted by Gasteiger charge is 1.94. The Kier molecular flexibility index (Phi) is 1.36. The second-order valence-electron chi connectivity index (χ2n) is 1.20. The zero-order valence-electron chi connectivity index (χ0n) is 3.77. The lowest BCUT2D eigenvalue weighted by atomic mass is 10.6. The first-order valence-corrected chi connectivity index (χ1v) is 2.91. The summed E-state index contributed by atoms with van der Waals surface area (Å²) in [6.45, 7) is 0.811. The van der Waals surface area contributed by atoms with Crippen LogP contribution < -0.4 is 5.32 Å². The van der Waals surface area contributed by atoms with Crippen molar-refractivity contribution in [1.82, 2.24) is 5.32 Å². The molecule has 0 unspecified atom stereocenters. The Hall–Kier alpha value is -0.440. The number of rotatable bonds is 0. The Labute approximate surface area is 46.5 Å². The van der Waals surface area contributed by atoms with Crippen LogP contribution in [0.3, 0.4) is 0 Å². The van der Waals surface area contributed by atoms with Gasteiger partial charge in [0, 0.05) is 6.54 Å². The Morgan fingerprint density at radius 1 is 1.86 bits per heavy atom. The first-order valence-electron chi connectivity index (χ1n) is 2.03. The average molecular weight is 114 g/mol. The quantitative estimate of drug-likeness (QED) is 0.488. The van der Waals surface area contributed by atoms with Crippen LogP contribution in [0.25, 0.3) is 0 Å². The predicted octanol–water partition coefficient (Wildman–Crippen LogP) is 0.771. The molecule has 1 rings (SSSR count). The maximum absolute atomic E-state index is 6.99. The molecule has 0 aliphatic carbocycles. The van der Waals surface area contributed by atoms with Gasteiger partial charge in [0.05, 0.1) is 0 Å². The van der Waals surface area contributed by atoms with E-state index >= 15 is 0 Å². The lowest BCUT2D eigenvalue weighted by Crippen LogP contribution is -2.20. The molecule has 0 saturated heterocycles. The van der Waals surface area contributed by atoms with Gasteiger partial charge in [0.1, 0.15) is 0 Å². The van der Waals surface area contributed by atoms with Gasteiger partial charge in [0.15, 0.2) is 5.17 Å². The van der Waals surface area contributed by atoms with Gasteiger partial charge in [0.25, 0.3) is 0 Å². The first kappa shape index (κ1) is 4.71. The van der Waals surface area contributed by atoms with Crippen LogP contribution in [-0.4, -0.2) is 11.7 Å². The summed E-state index contributed by atoms with van der Waals surface area (Å²) in [6, 6.07) is 0. The van der Waals surface area contributed by atoms with Crippen LogP contribution in [0.2, 0.25) is 0 Å². The molecule has 0 fully saturated rings. The Morgan fingerprint density at radius 3 is 3.00 bits per heavy atom. The predicted molar refractivity (Wildman–Crippen MR) is 32.5 cm³/mol. The summed E-state index contributed by atoms with van der Waals surface area (Å²) in [5.41, 5.74) is 0. The molecule has 3 heteroatoms. The van der Waals surface area contributed by atoms with E-state index < -0.39 is 0 Å². The summed E-state index contributed by atoms with van der Waals surface area (Å²) >= 11 is 1.41. The summed E-state index contributed by atoms with van der Waals surface area (Å²) in [4.78, 5) is 0. The molecule has 38 valence electrons. The van der Waals surface area contributed by atoms with Gasteiger partial charge in [-0.2, -0.15) is 0 Å². The molecule has 1 heterocycles. The van der Waals surface area contributed by atoms with Crippen molar-refractivity contribution in [2.24, 2.45) is 0 Å². The van der Waals surface area contributed by atoms with E-state index in [1.54, 1.807) is 0 Å². The largest absolute Gasteiger partial charge is 0.361 e. The average Bonchev–Trinajstić information content (AvgIpc) is 1.69. The fourth-order valence-electron chi connectivity index (χ4n) is 0.358. The van der Waals surface area contributed by atoms with Crippen LogP contribution in [0.1, 0.15) is 0 Å². The normalized spacial score (nSPS) is 19.1. The summed E-state index contributed by atoms with van der Waals surface area (Å²) in [7, 11) is 0. The van der Waals surface area contributed by atoms with E-state index in [0.29, 0.717) is 5.17 Å². The van der Waals surface area contributed by atoms with Crippen molar-refractivity contribution in [1.29, 1.82) is 5.41 Å². The molecular formula is C4H6N2S. The minimum atomic E-state index is 0.544. The summed E-state index contributed by atoms with van der Waals surface area (Å²) in [5.74, 6) is 0. The lowest BCUT2D eigenvalue weighted by Gasteiger charge is -2.04. The van der Waals surface area contributed by atoms with E-state index in [-0.39, 0.29) is 0 Å². The van der Waals surface area contributed by atoms with Crippen molar-refractivity contribution >= 4 is 16.9 Å². The van der Waals surface area contributed by atoms with E-state index in [9.17, 15) is 0 Å². The molecule has 2 nitrogen and oxygen atoms in total. The highest BCUT2D eigenvalue weighted by molar-refractivity contribution is 8.16. The van der Waals surface area contributed by atoms with Crippen molar-refractivity contribution in [3.63, 3.8) is 0 Å². The van der Waals surface area contributed by atoms with Crippen molar-refractivity contribution in [3.05, 3.63) is 11.5 Å². The highest BCUT2D eigenvalue weighted by Crippen LogP contribution is 2.04. The maximum atomic E-state index is 6.99. The van der Waals surface area contributed by atoms with E-state index in [2.05, 4.69) is 5.32 Å². The fraction of sp³-hybridized carbons (Fsp3) is 0.250. The minimum Gasteiger partial charge on any atom is -0.361 e. The van der Waals surface area contributed by atoms with Crippen molar-refractivity contribution in [2.45, 2.75) is 0 Å². The second kappa shape index (κ2) is 2.02. The number of nitrogens with one attached hydrogen (secondary N) is 2. The zero-order valence-corrected chi connectivity index (χ0v) is 4.59. The van der Waals surface area contributed by atoms with Crippen LogP contribution in [0.15, 0.2) is 11.5 Å². The lowest BCUT2D eigenvalue weighted by molar-refractivity contribution is 1.05. The third-order valence-electron chi connectivity index (χ3n) is 0.663. The van der Waals surface area contributed by atoms with Crippen LogP contribution in [-0.2, 0) is 0 Å². The fourth-order valence-corrected chi connectivity index (χ4v) is 0.853. The molecule has 0 aromatic carbocycles. The van der Waals surface area contributed by atoms with Crippen molar-refractivity contribution in [3.8, 4) is 0 Å². The van der Waals surface area contributed by atoms with E-state index in [1.807, 2.05) is 11.5 Å². The molecule has 0 amide bonds. The Bertz CT molecular complexity index is 108. The molecule has 0 atom stereocenters. The smallest absolute Gasteiger partial charge is 0.158 e.